The average Bonchev–Trinajstić information content (AvgIpc) is 3.25. The third kappa shape index (κ3) is 3.45. The maximum absolute atomic E-state index is 12.4. The van der Waals surface area contributed by atoms with E-state index in [1.165, 1.54) is 11.2 Å². The van der Waals surface area contributed by atoms with E-state index in [0.717, 1.165) is 17.4 Å². The number of fused-ring (bicyclic) bond motifs is 1. The summed E-state index contributed by atoms with van der Waals surface area (Å²) in [5.74, 6) is -2.51. The molecule has 2 saturated heterocycles. The van der Waals surface area contributed by atoms with Crippen molar-refractivity contribution in [1.29, 1.82) is 0 Å². The summed E-state index contributed by atoms with van der Waals surface area (Å²) in [6.45, 7) is 2.24. The Hall–Kier alpha value is -2.36. The molecule has 8 nitrogen and oxygen atoms in total. The second kappa shape index (κ2) is 6.99. The van der Waals surface area contributed by atoms with E-state index in [4.69, 9.17) is 9.15 Å². The van der Waals surface area contributed by atoms with E-state index in [2.05, 4.69) is 5.32 Å². The third-order valence-electron chi connectivity index (χ3n) is 5.41. The molecule has 4 rings (SSSR count). The van der Waals surface area contributed by atoms with Gasteiger partial charge in [-0.25, -0.2) is 0 Å². The van der Waals surface area contributed by atoms with Crippen LogP contribution in [-0.4, -0.2) is 66.1 Å². The number of benzene rings is 1. The predicted molar refractivity (Wildman–Crippen MR) is 96.5 cm³/mol. The van der Waals surface area contributed by atoms with Gasteiger partial charge in [-0.3, -0.25) is 9.59 Å². The molecule has 1 aromatic carbocycles. The molecule has 0 bridgehead atoms. The molecule has 142 valence electrons. The number of furan rings is 1. The highest BCUT2D eigenvalue weighted by atomic mass is 16.5. The van der Waals surface area contributed by atoms with Gasteiger partial charge in [0, 0.05) is 23.9 Å². The van der Waals surface area contributed by atoms with Crippen LogP contribution in [0, 0.1) is 5.41 Å². The van der Waals surface area contributed by atoms with Crippen LogP contribution in [0.4, 0.5) is 0 Å². The first kappa shape index (κ1) is 18.0. The summed E-state index contributed by atoms with van der Waals surface area (Å²) < 4.78 is 10.7. The lowest BCUT2D eigenvalue weighted by atomic mass is 9.76. The number of likely N-dealkylation sites (tertiary alicyclic amines) is 1. The summed E-state index contributed by atoms with van der Waals surface area (Å²) in [6, 6.07) is 7.34. The lowest BCUT2D eigenvalue weighted by Gasteiger charge is -2.37. The van der Waals surface area contributed by atoms with Crippen LogP contribution in [-0.2, 0) is 20.7 Å². The maximum Gasteiger partial charge on any atom is 0.475 e. The fourth-order valence-corrected chi connectivity index (χ4v) is 3.77. The van der Waals surface area contributed by atoms with Gasteiger partial charge in [0.05, 0.1) is 25.4 Å². The molecule has 2 aliphatic rings. The Labute approximate surface area is 156 Å². The van der Waals surface area contributed by atoms with Crippen LogP contribution >= 0.6 is 0 Å². The number of nitrogens with zero attached hydrogens (tertiary/aromatic N) is 1. The fraction of sp³-hybridized carbons (Fsp3) is 0.444. The van der Waals surface area contributed by atoms with Crippen molar-refractivity contribution in [3.8, 4) is 0 Å². The smallest absolute Gasteiger partial charge is 0.464 e. The van der Waals surface area contributed by atoms with Crippen molar-refractivity contribution in [3.05, 3.63) is 36.1 Å². The molecule has 0 aliphatic carbocycles. The highest BCUT2D eigenvalue weighted by Crippen LogP contribution is 2.37. The zero-order valence-electron chi connectivity index (χ0n) is 14.8. The molecular formula is C18H21BN2O6. The van der Waals surface area contributed by atoms with Gasteiger partial charge in [-0.05, 0) is 24.5 Å². The monoisotopic (exact) mass is 372 g/mol. The molecule has 0 unspecified atom stereocenters. The number of carbonyl (C=O) groups excluding carboxylic acids is 2. The summed E-state index contributed by atoms with van der Waals surface area (Å²) >= 11 is 0. The Morgan fingerprint density at radius 3 is 2.74 bits per heavy atom. The highest BCUT2D eigenvalue weighted by Gasteiger charge is 2.46. The van der Waals surface area contributed by atoms with E-state index >= 15 is 0 Å². The minimum Gasteiger partial charge on any atom is -0.464 e. The van der Waals surface area contributed by atoms with Crippen molar-refractivity contribution in [2.75, 3.05) is 26.3 Å². The van der Waals surface area contributed by atoms with E-state index in [1.54, 1.807) is 6.07 Å². The number of ether oxygens (including phenoxy) is 1. The number of carbonyl (C=O) groups is 2. The quantitative estimate of drug-likeness (QED) is 0.503. The first-order valence-corrected chi connectivity index (χ1v) is 8.96. The lowest BCUT2D eigenvalue weighted by Crippen LogP contribution is -2.53. The molecule has 3 N–H and O–H groups in total. The number of hydrogen-bond acceptors (Lipinski definition) is 6. The number of rotatable bonds is 4. The van der Waals surface area contributed by atoms with Crippen LogP contribution in [0.5, 0.6) is 0 Å². The standard InChI is InChI=1S/C18H21BN2O6/c22-16(17(23)21-6-5-18(9-21)10-26-11-18)20-15(19(24)25)7-12-8-27-14-4-2-1-3-13(12)14/h1-4,8,15,24-25H,5-7,9-11H2,(H,20,22)/t15-/m0/s1. The lowest BCUT2D eigenvalue weighted by molar-refractivity contribution is -0.147. The van der Waals surface area contributed by atoms with Crippen molar-refractivity contribution >= 4 is 29.9 Å². The minimum atomic E-state index is -1.81. The van der Waals surface area contributed by atoms with E-state index in [1.807, 2.05) is 18.2 Å². The number of para-hydroxylation sites is 1. The molecule has 27 heavy (non-hydrogen) atoms. The third-order valence-corrected chi connectivity index (χ3v) is 5.41. The largest absolute Gasteiger partial charge is 0.475 e. The van der Waals surface area contributed by atoms with Gasteiger partial charge >= 0.3 is 18.9 Å². The van der Waals surface area contributed by atoms with Crippen LogP contribution in [0.15, 0.2) is 34.9 Å². The summed E-state index contributed by atoms with van der Waals surface area (Å²) in [7, 11) is -1.81. The molecule has 3 heterocycles. The van der Waals surface area contributed by atoms with E-state index in [0.29, 0.717) is 31.9 Å². The van der Waals surface area contributed by atoms with Crippen LogP contribution in [0.2, 0.25) is 0 Å². The molecule has 9 heteroatoms. The Morgan fingerprint density at radius 1 is 1.30 bits per heavy atom. The van der Waals surface area contributed by atoms with Crippen molar-refractivity contribution in [1.82, 2.24) is 10.2 Å². The van der Waals surface area contributed by atoms with Crippen molar-refractivity contribution in [2.45, 2.75) is 18.8 Å². The van der Waals surface area contributed by atoms with Gasteiger partial charge in [0.25, 0.3) is 0 Å². The topological polar surface area (TPSA) is 112 Å². The first-order valence-electron chi connectivity index (χ1n) is 8.96. The van der Waals surface area contributed by atoms with Crippen molar-refractivity contribution < 1.29 is 28.8 Å². The molecule has 0 saturated carbocycles. The Morgan fingerprint density at radius 2 is 2.07 bits per heavy atom. The molecule has 2 amide bonds. The number of hydrogen-bond donors (Lipinski definition) is 3. The van der Waals surface area contributed by atoms with Gasteiger partial charge in [0.2, 0.25) is 0 Å². The fourth-order valence-electron chi connectivity index (χ4n) is 3.77. The van der Waals surface area contributed by atoms with Crippen LogP contribution in [0.1, 0.15) is 12.0 Å². The van der Waals surface area contributed by atoms with Crippen molar-refractivity contribution in [2.24, 2.45) is 5.41 Å². The molecule has 2 fully saturated rings. The zero-order chi connectivity index (χ0) is 19.0. The van der Waals surface area contributed by atoms with Gasteiger partial charge in [0.15, 0.2) is 0 Å². The molecule has 1 spiro atoms. The second-order valence-corrected chi connectivity index (χ2v) is 7.42. The Kier molecular flexibility index (Phi) is 4.67. The van der Waals surface area contributed by atoms with Crippen molar-refractivity contribution in [3.63, 3.8) is 0 Å². The molecule has 1 aromatic heterocycles. The second-order valence-electron chi connectivity index (χ2n) is 7.42. The predicted octanol–water partition coefficient (Wildman–Crippen LogP) is -0.279. The average molecular weight is 372 g/mol. The van der Waals surface area contributed by atoms with Crippen LogP contribution < -0.4 is 5.32 Å². The van der Waals surface area contributed by atoms with Crippen LogP contribution in [0.25, 0.3) is 11.0 Å². The summed E-state index contributed by atoms with van der Waals surface area (Å²) in [5.41, 5.74) is 1.39. The van der Waals surface area contributed by atoms with Gasteiger partial charge < -0.3 is 29.4 Å². The van der Waals surface area contributed by atoms with Gasteiger partial charge in [-0.2, -0.15) is 0 Å². The molecule has 2 aliphatic heterocycles. The SMILES string of the molecule is O=C(N[C@@H](Cc1coc2ccccc12)B(O)O)C(=O)N1CCC2(COC2)C1. The Balaban J connectivity index is 1.42. The van der Waals surface area contributed by atoms with Gasteiger partial charge in [0.1, 0.15) is 5.58 Å². The number of amides is 2. The van der Waals surface area contributed by atoms with Crippen LogP contribution in [0.3, 0.4) is 0 Å². The van der Waals surface area contributed by atoms with Gasteiger partial charge in [-0.1, -0.05) is 18.2 Å². The van der Waals surface area contributed by atoms with E-state index < -0.39 is 24.9 Å². The zero-order valence-corrected chi connectivity index (χ0v) is 14.8. The van der Waals surface area contributed by atoms with Gasteiger partial charge in [-0.15, -0.1) is 0 Å². The van der Waals surface area contributed by atoms with E-state index in [-0.39, 0.29) is 11.8 Å². The molecule has 2 aromatic rings. The highest BCUT2D eigenvalue weighted by molar-refractivity contribution is 6.45. The summed E-state index contributed by atoms with van der Waals surface area (Å²) in [5, 5.41) is 22.6. The normalized spacial score (nSPS) is 19.1. The maximum atomic E-state index is 12.4. The molecular weight excluding hydrogens is 351 g/mol. The first-order chi connectivity index (χ1) is 13.0. The summed E-state index contributed by atoms with van der Waals surface area (Å²) in [6.07, 6.45) is 2.47. The minimum absolute atomic E-state index is 0.0124. The van der Waals surface area contributed by atoms with E-state index in [9.17, 15) is 19.6 Å². The molecule has 1 atom stereocenters. The Bertz CT molecular complexity index is 862. The molecule has 0 radical (unpaired) electrons. The summed E-state index contributed by atoms with van der Waals surface area (Å²) in [4.78, 5) is 26.3. The number of nitrogens with one attached hydrogen (secondary N) is 1.